The second kappa shape index (κ2) is 5.64. The molecule has 2 atom stereocenters. The summed E-state index contributed by atoms with van der Waals surface area (Å²) >= 11 is 6.25. The predicted molar refractivity (Wildman–Crippen MR) is 89.4 cm³/mol. The largest absolute Gasteiger partial charge is 0.312 e. The van der Waals surface area contributed by atoms with Gasteiger partial charge in [-0.15, -0.1) is 0 Å². The number of hydrogen-bond donors (Lipinski definition) is 0. The second-order valence-electron chi connectivity index (χ2n) is 6.34. The molecular weight excluding hydrogens is 313 g/mol. The van der Waals surface area contributed by atoms with Crippen LogP contribution in [0.1, 0.15) is 29.9 Å². The molecule has 2 nitrogen and oxygen atoms in total. The molecule has 2 aromatic rings. The molecule has 1 amide bonds. The number of rotatable bonds is 2. The van der Waals surface area contributed by atoms with Gasteiger partial charge >= 0.3 is 0 Å². The van der Waals surface area contributed by atoms with Crippen molar-refractivity contribution in [2.75, 3.05) is 11.4 Å². The number of fused-ring (bicyclic) bond motifs is 1. The normalized spacial score (nSPS) is 22.6. The molecule has 0 saturated heterocycles. The van der Waals surface area contributed by atoms with Crippen LogP contribution >= 0.6 is 11.6 Å². The van der Waals surface area contributed by atoms with Crippen molar-refractivity contribution in [1.29, 1.82) is 0 Å². The molecule has 1 saturated carbocycles. The Hall–Kier alpha value is -1.87. The fraction of sp³-hybridized carbons (Fsp3) is 0.316. The molecule has 118 valence electrons. The zero-order valence-electron chi connectivity index (χ0n) is 12.6. The number of carbonyl (C=O) groups excluding carboxylic acids is 1. The van der Waals surface area contributed by atoms with Gasteiger partial charge in [0.25, 0.3) is 0 Å². The van der Waals surface area contributed by atoms with Crippen LogP contribution in [0.15, 0.2) is 42.5 Å². The molecule has 1 heterocycles. The summed E-state index contributed by atoms with van der Waals surface area (Å²) in [6.07, 6.45) is 2.55. The number of carbonyl (C=O) groups is 1. The standard InChI is InChI=1S/C19H17ClFNO/c20-17-6-2-1-5-14(17)15-11-16(15)19(23)22-9-3-4-12-10-13(21)7-8-18(12)22/h1-2,5-8,10,15-16H,3-4,9,11H2. The molecule has 4 rings (SSSR count). The average molecular weight is 330 g/mol. The number of hydrogen-bond acceptors (Lipinski definition) is 1. The highest BCUT2D eigenvalue weighted by atomic mass is 35.5. The second-order valence-corrected chi connectivity index (χ2v) is 6.74. The summed E-state index contributed by atoms with van der Waals surface area (Å²) in [4.78, 5) is 14.7. The van der Waals surface area contributed by atoms with Crippen molar-refractivity contribution in [3.63, 3.8) is 0 Å². The SMILES string of the molecule is O=C(C1CC1c1ccccc1Cl)N1CCCc2cc(F)ccc21. The number of nitrogens with zero attached hydrogens (tertiary/aromatic N) is 1. The van der Waals surface area contributed by atoms with E-state index in [9.17, 15) is 9.18 Å². The predicted octanol–water partition coefficient (Wildman–Crippen LogP) is 4.56. The zero-order valence-corrected chi connectivity index (χ0v) is 13.4. The van der Waals surface area contributed by atoms with Crippen molar-refractivity contribution in [3.05, 3.63) is 64.4 Å². The summed E-state index contributed by atoms with van der Waals surface area (Å²) in [6, 6.07) is 12.4. The number of anilines is 1. The Morgan fingerprint density at radius 2 is 2.04 bits per heavy atom. The third-order valence-corrected chi connectivity index (χ3v) is 5.18. The topological polar surface area (TPSA) is 20.3 Å². The summed E-state index contributed by atoms with van der Waals surface area (Å²) in [5, 5.41) is 0.730. The van der Waals surface area contributed by atoms with Crippen LogP contribution in [0, 0.1) is 11.7 Å². The summed E-state index contributed by atoms with van der Waals surface area (Å²) < 4.78 is 13.4. The highest BCUT2D eigenvalue weighted by Crippen LogP contribution is 2.51. The van der Waals surface area contributed by atoms with Gasteiger partial charge in [-0.05, 0) is 60.6 Å². The van der Waals surface area contributed by atoms with Crippen LogP contribution in [0.2, 0.25) is 5.02 Å². The Labute approximate surface area is 139 Å². The van der Waals surface area contributed by atoms with Crippen molar-refractivity contribution in [3.8, 4) is 0 Å². The molecule has 0 N–H and O–H groups in total. The molecule has 1 aliphatic heterocycles. The van der Waals surface area contributed by atoms with Crippen LogP contribution in [-0.4, -0.2) is 12.5 Å². The molecule has 0 bridgehead atoms. The molecule has 2 aromatic carbocycles. The summed E-state index contributed by atoms with van der Waals surface area (Å²) in [5.74, 6) is 0.105. The van der Waals surface area contributed by atoms with Crippen LogP contribution in [0.5, 0.6) is 0 Å². The maximum Gasteiger partial charge on any atom is 0.230 e. The maximum atomic E-state index is 13.4. The summed E-state index contributed by atoms with van der Waals surface area (Å²) in [5.41, 5.74) is 2.86. The van der Waals surface area contributed by atoms with Gasteiger partial charge in [0.05, 0.1) is 0 Å². The fourth-order valence-corrected chi connectivity index (χ4v) is 3.86. The smallest absolute Gasteiger partial charge is 0.230 e. The van der Waals surface area contributed by atoms with Crippen molar-refractivity contribution in [1.82, 2.24) is 0 Å². The summed E-state index contributed by atoms with van der Waals surface area (Å²) in [6.45, 7) is 0.712. The number of amides is 1. The van der Waals surface area contributed by atoms with Gasteiger partial charge in [-0.25, -0.2) is 4.39 Å². The van der Waals surface area contributed by atoms with E-state index in [4.69, 9.17) is 11.6 Å². The minimum atomic E-state index is -0.238. The van der Waals surface area contributed by atoms with Crippen LogP contribution < -0.4 is 4.90 Å². The van der Waals surface area contributed by atoms with Crippen molar-refractivity contribution < 1.29 is 9.18 Å². The molecule has 0 aromatic heterocycles. The first kappa shape index (κ1) is 14.7. The molecule has 1 aliphatic carbocycles. The molecule has 1 fully saturated rings. The van der Waals surface area contributed by atoms with Gasteiger partial charge in [0, 0.05) is 23.2 Å². The average Bonchev–Trinajstić information content (AvgIpc) is 3.34. The Morgan fingerprint density at radius 1 is 1.22 bits per heavy atom. The Balaban J connectivity index is 1.57. The molecular formula is C19H17ClFNO. The maximum absolute atomic E-state index is 13.4. The number of benzene rings is 2. The van der Waals surface area contributed by atoms with Crippen molar-refractivity contribution in [2.45, 2.75) is 25.2 Å². The van der Waals surface area contributed by atoms with Gasteiger partial charge < -0.3 is 4.90 Å². The first-order valence-corrected chi connectivity index (χ1v) is 8.37. The highest BCUT2D eigenvalue weighted by molar-refractivity contribution is 6.31. The quantitative estimate of drug-likeness (QED) is 0.790. The lowest BCUT2D eigenvalue weighted by molar-refractivity contribution is -0.120. The Morgan fingerprint density at radius 3 is 2.87 bits per heavy atom. The fourth-order valence-electron chi connectivity index (χ4n) is 3.58. The van der Waals surface area contributed by atoms with Gasteiger partial charge in [-0.2, -0.15) is 0 Å². The minimum Gasteiger partial charge on any atom is -0.312 e. The monoisotopic (exact) mass is 329 g/mol. The number of halogens is 2. The van der Waals surface area contributed by atoms with Crippen LogP contribution in [0.25, 0.3) is 0 Å². The van der Waals surface area contributed by atoms with Crippen LogP contribution in [0.4, 0.5) is 10.1 Å². The van der Waals surface area contributed by atoms with Crippen molar-refractivity contribution in [2.24, 2.45) is 5.92 Å². The van der Waals surface area contributed by atoms with Gasteiger partial charge in [-0.3, -0.25) is 4.79 Å². The number of aryl methyl sites for hydroxylation is 1. The first-order valence-electron chi connectivity index (χ1n) is 7.99. The van der Waals surface area contributed by atoms with Gasteiger partial charge in [0.1, 0.15) is 5.82 Å². The molecule has 2 aliphatic rings. The molecule has 23 heavy (non-hydrogen) atoms. The van der Waals surface area contributed by atoms with E-state index in [1.165, 1.54) is 6.07 Å². The molecule has 0 radical (unpaired) electrons. The lowest BCUT2D eigenvalue weighted by Gasteiger charge is -2.29. The molecule has 4 heteroatoms. The third kappa shape index (κ3) is 2.63. The van der Waals surface area contributed by atoms with Gasteiger partial charge in [-0.1, -0.05) is 29.8 Å². The van der Waals surface area contributed by atoms with E-state index in [0.717, 1.165) is 41.1 Å². The van der Waals surface area contributed by atoms with Crippen LogP contribution in [0.3, 0.4) is 0 Å². The Kier molecular flexibility index (Phi) is 3.61. The van der Waals surface area contributed by atoms with E-state index in [0.29, 0.717) is 6.54 Å². The molecule has 2 unspecified atom stereocenters. The van der Waals surface area contributed by atoms with E-state index in [2.05, 4.69) is 0 Å². The highest BCUT2D eigenvalue weighted by Gasteiger charge is 2.47. The molecule has 0 spiro atoms. The first-order chi connectivity index (χ1) is 11.1. The Bertz CT molecular complexity index is 776. The van der Waals surface area contributed by atoms with E-state index in [1.54, 1.807) is 12.1 Å². The third-order valence-electron chi connectivity index (χ3n) is 4.84. The van der Waals surface area contributed by atoms with E-state index in [1.807, 2.05) is 29.2 Å². The van der Waals surface area contributed by atoms with E-state index >= 15 is 0 Å². The van der Waals surface area contributed by atoms with Crippen molar-refractivity contribution >= 4 is 23.2 Å². The zero-order chi connectivity index (χ0) is 16.0. The lowest BCUT2D eigenvalue weighted by Crippen LogP contribution is -2.36. The summed E-state index contributed by atoms with van der Waals surface area (Å²) in [7, 11) is 0. The van der Waals surface area contributed by atoms with Crippen LogP contribution in [-0.2, 0) is 11.2 Å². The van der Waals surface area contributed by atoms with E-state index in [-0.39, 0.29) is 23.6 Å². The van der Waals surface area contributed by atoms with E-state index < -0.39 is 0 Å². The lowest BCUT2D eigenvalue weighted by atomic mass is 10.0. The van der Waals surface area contributed by atoms with Gasteiger partial charge in [0.2, 0.25) is 5.91 Å². The van der Waals surface area contributed by atoms with Gasteiger partial charge in [0.15, 0.2) is 0 Å². The minimum absolute atomic E-state index is 0.00842.